The summed E-state index contributed by atoms with van der Waals surface area (Å²) in [5, 5.41) is 8.28. The molecule has 10 nitrogen and oxygen atoms in total. The Labute approximate surface area is 172 Å². The lowest BCUT2D eigenvalue weighted by Crippen LogP contribution is -2.24. The van der Waals surface area contributed by atoms with Crippen LogP contribution in [0.4, 0.5) is 23.8 Å². The van der Waals surface area contributed by atoms with Crippen LogP contribution in [0.1, 0.15) is 24.1 Å². The van der Waals surface area contributed by atoms with E-state index in [0.29, 0.717) is 17.1 Å². The molecule has 31 heavy (non-hydrogen) atoms. The largest absolute Gasteiger partial charge is 0.471 e. The molecule has 3 aromatic heterocycles. The van der Waals surface area contributed by atoms with E-state index in [-0.39, 0.29) is 30.4 Å². The molecule has 0 aliphatic heterocycles. The molecule has 0 fully saturated rings. The number of anilines is 1. The van der Waals surface area contributed by atoms with Crippen molar-refractivity contribution in [3.05, 3.63) is 53.8 Å². The summed E-state index contributed by atoms with van der Waals surface area (Å²) in [4.78, 5) is 34.1. The van der Waals surface area contributed by atoms with Gasteiger partial charge in [-0.2, -0.15) is 18.2 Å². The average molecular weight is 436 g/mol. The number of halogens is 3. The molecule has 162 valence electrons. The van der Waals surface area contributed by atoms with Crippen LogP contribution in [0.2, 0.25) is 0 Å². The molecule has 2 amide bonds. The number of alkyl carbamates (subject to hydrolysis) is 1. The quantitative estimate of drug-likeness (QED) is 0.603. The average Bonchev–Trinajstić information content (AvgIpc) is 3.22. The smallest absolute Gasteiger partial charge is 0.445 e. The van der Waals surface area contributed by atoms with Crippen molar-refractivity contribution in [2.45, 2.75) is 26.3 Å². The fraction of sp³-hybridized carbons (Fsp3) is 0.222. The van der Waals surface area contributed by atoms with Crippen molar-refractivity contribution < 1.29 is 32.0 Å². The number of carbonyl (C=O) groups is 2. The second-order valence-electron chi connectivity index (χ2n) is 6.12. The third-order valence-corrected chi connectivity index (χ3v) is 3.66. The minimum Gasteiger partial charge on any atom is -0.445 e. The lowest BCUT2D eigenvalue weighted by Gasteiger charge is -2.07. The highest BCUT2D eigenvalue weighted by Gasteiger charge is 2.38. The number of hydrogen-bond acceptors (Lipinski definition) is 8. The van der Waals surface area contributed by atoms with Gasteiger partial charge in [-0.25, -0.2) is 9.78 Å². The summed E-state index contributed by atoms with van der Waals surface area (Å²) in [5.41, 5.74) is 1.27. The molecular formula is C18H15F3N6O4. The van der Waals surface area contributed by atoms with Crippen LogP contribution in [0.25, 0.3) is 11.4 Å². The molecule has 0 spiro atoms. The monoisotopic (exact) mass is 436 g/mol. The zero-order valence-electron chi connectivity index (χ0n) is 15.9. The van der Waals surface area contributed by atoms with E-state index in [4.69, 9.17) is 4.74 Å². The Morgan fingerprint density at radius 2 is 1.94 bits per heavy atom. The highest BCUT2D eigenvalue weighted by atomic mass is 19.4. The van der Waals surface area contributed by atoms with Gasteiger partial charge in [-0.3, -0.25) is 9.78 Å². The molecule has 0 bridgehead atoms. The number of alkyl halides is 3. The molecule has 3 rings (SSSR count). The summed E-state index contributed by atoms with van der Waals surface area (Å²) >= 11 is 0. The number of amides is 2. The van der Waals surface area contributed by atoms with Crippen LogP contribution in [-0.4, -0.2) is 32.1 Å². The molecule has 0 atom stereocenters. The van der Waals surface area contributed by atoms with Crippen LogP contribution in [-0.2, 0) is 28.9 Å². The Kier molecular flexibility index (Phi) is 6.43. The topological polar surface area (TPSA) is 132 Å². The van der Waals surface area contributed by atoms with E-state index in [2.05, 4.69) is 35.3 Å². The van der Waals surface area contributed by atoms with Gasteiger partial charge in [-0.05, 0) is 18.2 Å². The van der Waals surface area contributed by atoms with Crippen molar-refractivity contribution >= 4 is 17.8 Å². The van der Waals surface area contributed by atoms with Gasteiger partial charge in [-0.1, -0.05) is 11.2 Å². The number of ether oxygens (including phenoxy) is 1. The minimum absolute atomic E-state index is 0.0267. The zero-order valence-corrected chi connectivity index (χ0v) is 15.9. The number of nitrogens with one attached hydrogen (secondary N) is 2. The van der Waals surface area contributed by atoms with Crippen LogP contribution in [0, 0.1) is 0 Å². The molecule has 0 radical (unpaired) electrons. The van der Waals surface area contributed by atoms with E-state index in [1.165, 1.54) is 31.5 Å². The maximum atomic E-state index is 12.5. The van der Waals surface area contributed by atoms with Crippen molar-refractivity contribution in [2.24, 2.45) is 0 Å². The lowest BCUT2D eigenvalue weighted by molar-refractivity contribution is -0.159. The second-order valence-corrected chi connectivity index (χ2v) is 6.12. The maximum Gasteiger partial charge on any atom is 0.471 e. The first kappa shape index (κ1) is 21.7. The molecular weight excluding hydrogens is 421 g/mol. The Morgan fingerprint density at radius 3 is 2.52 bits per heavy atom. The molecule has 2 N–H and O–H groups in total. The van der Waals surface area contributed by atoms with E-state index >= 15 is 0 Å². The highest BCUT2D eigenvalue weighted by Crippen LogP contribution is 2.29. The lowest BCUT2D eigenvalue weighted by atomic mass is 10.2. The van der Waals surface area contributed by atoms with E-state index < -0.39 is 18.2 Å². The molecule has 0 aliphatic rings. The van der Waals surface area contributed by atoms with Crippen molar-refractivity contribution in [1.82, 2.24) is 25.4 Å². The number of hydrogen-bond donors (Lipinski definition) is 2. The number of pyridine rings is 2. The Bertz CT molecular complexity index is 1050. The summed E-state index contributed by atoms with van der Waals surface area (Å²) in [5.74, 6) is -1.57. The zero-order chi connectivity index (χ0) is 22.4. The normalized spacial score (nSPS) is 11.1. The third-order valence-electron chi connectivity index (χ3n) is 3.66. The van der Waals surface area contributed by atoms with Gasteiger partial charge in [0.05, 0.1) is 12.2 Å². The molecule has 0 unspecified atom stereocenters. The predicted molar refractivity (Wildman–Crippen MR) is 98.1 cm³/mol. The summed E-state index contributed by atoms with van der Waals surface area (Å²) in [6.45, 7) is 1.35. The van der Waals surface area contributed by atoms with Crippen molar-refractivity contribution in [3.63, 3.8) is 0 Å². The molecule has 0 aromatic carbocycles. The van der Waals surface area contributed by atoms with Crippen LogP contribution in [0.3, 0.4) is 0 Å². The molecule has 0 aliphatic carbocycles. The van der Waals surface area contributed by atoms with Crippen LogP contribution >= 0.6 is 0 Å². The fourth-order valence-corrected chi connectivity index (χ4v) is 2.24. The van der Waals surface area contributed by atoms with Gasteiger partial charge in [0.2, 0.25) is 11.7 Å². The van der Waals surface area contributed by atoms with Gasteiger partial charge >= 0.3 is 18.2 Å². The van der Waals surface area contributed by atoms with Crippen molar-refractivity contribution in [3.8, 4) is 11.4 Å². The summed E-state index contributed by atoms with van der Waals surface area (Å²) in [7, 11) is 0. The van der Waals surface area contributed by atoms with Crippen LogP contribution in [0.15, 0.2) is 41.2 Å². The Balaban J connectivity index is 1.47. The molecule has 3 aromatic rings. The minimum atomic E-state index is -4.73. The number of carbonyl (C=O) groups excluding carboxylic acids is 2. The van der Waals surface area contributed by atoms with Gasteiger partial charge in [0, 0.05) is 30.4 Å². The maximum absolute atomic E-state index is 12.5. The van der Waals surface area contributed by atoms with E-state index in [9.17, 15) is 22.8 Å². The highest BCUT2D eigenvalue weighted by molar-refractivity contribution is 5.87. The van der Waals surface area contributed by atoms with Gasteiger partial charge in [0.1, 0.15) is 12.4 Å². The summed E-state index contributed by atoms with van der Waals surface area (Å²) in [6, 6.07) is 6.16. The van der Waals surface area contributed by atoms with Gasteiger partial charge < -0.3 is 19.9 Å². The second kappa shape index (κ2) is 9.19. The Morgan fingerprint density at radius 1 is 1.13 bits per heavy atom. The fourth-order valence-electron chi connectivity index (χ4n) is 2.24. The summed E-state index contributed by atoms with van der Waals surface area (Å²) < 4.78 is 46.8. The standard InChI is InChI=1S/C18H15F3N6O4/c1-10(28)25-14-5-2-11(6-23-14)9-30-17(29)24-8-13-4-3-12(7-22-13)15-26-16(31-27-15)18(19,20)21/h2-7H,8-9H2,1H3,(H,24,29)(H,23,25,28). The number of nitrogens with zero attached hydrogens (tertiary/aromatic N) is 4. The number of aromatic nitrogens is 4. The van der Waals surface area contributed by atoms with Gasteiger partial charge in [0.15, 0.2) is 0 Å². The SMILES string of the molecule is CC(=O)Nc1ccc(COC(=O)NCc2ccc(-c3noc(C(F)(F)F)n3)cn2)cn1. The first-order chi connectivity index (χ1) is 14.7. The van der Waals surface area contributed by atoms with E-state index in [0.717, 1.165) is 0 Å². The first-order valence-electron chi connectivity index (χ1n) is 8.70. The van der Waals surface area contributed by atoms with Crippen LogP contribution < -0.4 is 10.6 Å². The first-order valence-corrected chi connectivity index (χ1v) is 8.70. The Hall–Kier alpha value is -4.03. The van der Waals surface area contributed by atoms with Crippen molar-refractivity contribution in [1.29, 1.82) is 0 Å². The molecule has 3 heterocycles. The van der Waals surface area contributed by atoms with Gasteiger partial charge in [-0.15, -0.1) is 0 Å². The molecule has 0 saturated carbocycles. The predicted octanol–water partition coefficient (Wildman–Crippen LogP) is 2.93. The third kappa shape index (κ3) is 6.22. The van der Waals surface area contributed by atoms with E-state index in [1.807, 2.05) is 0 Å². The summed E-state index contributed by atoms with van der Waals surface area (Å²) in [6.07, 6.45) is -2.71. The van der Waals surface area contributed by atoms with Crippen LogP contribution in [0.5, 0.6) is 0 Å². The molecule has 0 saturated heterocycles. The van der Waals surface area contributed by atoms with E-state index in [1.54, 1.807) is 12.1 Å². The van der Waals surface area contributed by atoms with Gasteiger partial charge in [0.25, 0.3) is 0 Å². The van der Waals surface area contributed by atoms with Crippen molar-refractivity contribution in [2.75, 3.05) is 5.32 Å². The molecule has 13 heteroatoms. The number of rotatable bonds is 6.